The van der Waals surface area contributed by atoms with Gasteiger partial charge in [0.25, 0.3) is 0 Å². The largest absolute Gasteiger partial charge is 0.489 e. The van der Waals surface area contributed by atoms with E-state index in [0.29, 0.717) is 23.9 Å². The SMILES string of the molecule is O=C(O)c1ccc(-c2ccc3c(c2)CC[C@H](CNC[C@H](O)c2cccnc2)O3)cc1Oc1ccc(Cl)cc1. The van der Waals surface area contributed by atoms with Crippen LogP contribution in [-0.2, 0) is 6.42 Å². The lowest BCUT2D eigenvalue weighted by Gasteiger charge is -2.27. The molecule has 8 heteroatoms. The van der Waals surface area contributed by atoms with Crippen LogP contribution >= 0.6 is 11.6 Å². The third kappa shape index (κ3) is 6.14. The number of aryl methyl sites for hydroxylation is 1. The van der Waals surface area contributed by atoms with Gasteiger partial charge in [-0.05, 0) is 84.1 Å². The fourth-order valence-electron chi connectivity index (χ4n) is 4.43. The topological polar surface area (TPSA) is 101 Å². The maximum atomic E-state index is 11.8. The quantitative estimate of drug-likeness (QED) is 0.247. The Morgan fingerprint density at radius 1 is 1.11 bits per heavy atom. The number of aliphatic hydroxyl groups is 1. The van der Waals surface area contributed by atoms with Crippen LogP contribution < -0.4 is 14.8 Å². The van der Waals surface area contributed by atoms with Crippen molar-refractivity contribution in [3.63, 3.8) is 0 Å². The first-order chi connectivity index (χ1) is 18.5. The fourth-order valence-corrected chi connectivity index (χ4v) is 4.56. The third-order valence-corrected chi connectivity index (χ3v) is 6.71. The molecule has 194 valence electrons. The molecule has 1 aliphatic heterocycles. The van der Waals surface area contributed by atoms with Crippen LogP contribution in [0.1, 0.15) is 34.0 Å². The molecule has 0 bridgehead atoms. The minimum absolute atomic E-state index is 0.00340. The van der Waals surface area contributed by atoms with Gasteiger partial charge in [0.05, 0.1) is 6.10 Å². The lowest BCUT2D eigenvalue weighted by atomic mass is 9.96. The van der Waals surface area contributed by atoms with Crippen molar-refractivity contribution in [3.8, 4) is 28.4 Å². The molecule has 5 rings (SSSR count). The smallest absolute Gasteiger partial charge is 0.339 e. The van der Waals surface area contributed by atoms with Crippen LogP contribution in [-0.4, -0.2) is 40.4 Å². The van der Waals surface area contributed by atoms with E-state index in [1.165, 1.54) is 0 Å². The first-order valence-corrected chi connectivity index (χ1v) is 12.7. The molecule has 1 aliphatic rings. The standard InChI is InChI=1S/C30H27ClN2O5/c31-23-6-9-24(10-7-23)37-29-15-20(4-11-26(29)30(35)36)19-5-12-28-21(14-19)3-8-25(38-28)17-33-18-27(34)22-2-1-13-32-16-22/h1-2,4-7,9-16,25,27,33-34H,3,8,17-18H2,(H,35,36)/t25-,27+/m1/s1. The Morgan fingerprint density at radius 2 is 1.89 bits per heavy atom. The number of aliphatic hydroxyl groups excluding tert-OH is 1. The zero-order valence-electron chi connectivity index (χ0n) is 20.5. The molecule has 0 amide bonds. The molecule has 3 N–H and O–H groups in total. The van der Waals surface area contributed by atoms with Crippen LogP contribution in [0, 0.1) is 0 Å². The molecule has 0 unspecified atom stereocenters. The average Bonchev–Trinajstić information content (AvgIpc) is 2.94. The molecule has 0 spiro atoms. The zero-order valence-corrected chi connectivity index (χ0v) is 21.3. The van der Waals surface area contributed by atoms with Gasteiger partial charge in [-0.2, -0.15) is 0 Å². The molecule has 0 radical (unpaired) electrons. The molecule has 4 aromatic rings. The molecule has 0 aliphatic carbocycles. The second-order valence-electron chi connectivity index (χ2n) is 9.13. The summed E-state index contributed by atoms with van der Waals surface area (Å²) in [5.41, 5.74) is 3.74. The maximum absolute atomic E-state index is 11.8. The van der Waals surface area contributed by atoms with Crippen LogP contribution in [0.4, 0.5) is 0 Å². The van der Waals surface area contributed by atoms with Crippen molar-refractivity contribution in [3.05, 3.63) is 107 Å². The summed E-state index contributed by atoms with van der Waals surface area (Å²) in [5.74, 6) is 0.526. The monoisotopic (exact) mass is 530 g/mol. The van der Waals surface area contributed by atoms with Crippen molar-refractivity contribution in [2.75, 3.05) is 13.1 Å². The molecule has 38 heavy (non-hydrogen) atoms. The van der Waals surface area contributed by atoms with Gasteiger partial charge in [0.1, 0.15) is 28.9 Å². The van der Waals surface area contributed by atoms with Crippen molar-refractivity contribution in [2.45, 2.75) is 25.0 Å². The van der Waals surface area contributed by atoms with Gasteiger partial charge in [-0.15, -0.1) is 0 Å². The number of hydrogen-bond donors (Lipinski definition) is 3. The van der Waals surface area contributed by atoms with E-state index in [-0.39, 0.29) is 17.4 Å². The normalized spacial score (nSPS) is 15.3. The van der Waals surface area contributed by atoms with Crippen LogP contribution in [0.3, 0.4) is 0 Å². The van der Waals surface area contributed by atoms with Crippen molar-refractivity contribution in [1.82, 2.24) is 10.3 Å². The number of pyridine rings is 1. The molecule has 0 saturated carbocycles. The summed E-state index contributed by atoms with van der Waals surface area (Å²) in [4.78, 5) is 15.8. The predicted molar refractivity (Wildman–Crippen MR) is 145 cm³/mol. The van der Waals surface area contributed by atoms with Gasteiger partial charge in [0, 0.05) is 36.1 Å². The van der Waals surface area contributed by atoms with E-state index in [4.69, 9.17) is 21.1 Å². The summed E-state index contributed by atoms with van der Waals surface area (Å²) in [5, 5.41) is 23.8. The molecular weight excluding hydrogens is 504 g/mol. The Bertz CT molecular complexity index is 1410. The Kier molecular flexibility index (Phi) is 7.89. The minimum Gasteiger partial charge on any atom is -0.489 e. The number of carboxylic acid groups (broad SMARTS) is 1. The number of carbonyl (C=O) groups is 1. The number of ether oxygens (including phenoxy) is 2. The van der Waals surface area contributed by atoms with Crippen LogP contribution in [0.15, 0.2) is 85.2 Å². The number of rotatable bonds is 9. The molecule has 2 heterocycles. The highest BCUT2D eigenvalue weighted by Gasteiger charge is 2.21. The number of fused-ring (bicyclic) bond motifs is 1. The summed E-state index contributed by atoms with van der Waals surface area (Å²) >= 11 is 5.95. The number of aromatic nitrogens is 1. The summed E-state index contributed by atoms with van der Waals surface area (Å²) in [7, 11) is 0. The molecule has 0 fully saturated rings. The number of carboxylic acids is 1. The number of benzene rings is 3. The molecule has 7 nitrogen and oxygen atoms in total. The van der Waals surface area contributed by atoms with Gasteiger partial charge < -0.3 is 25.0 Å². The highest BCUT2D eigenvalue weighted by Crippen LogP contribution is 2.35. The van der Waals surface area contributed by atoms with Gasteiger partial charge in [-0.1, -0.05) is 29.8 Å². The van der Waals surface area contributed by atoms with Crippen LogP contribution in [0.5, 0.6) is 17.2 Å². The van der Waals surface area contributed by atoms with E-state index in [2.05, 4.69) is 16.4 Å². The Labute approximate surface area is 225 Å². The lowest BCUT2D eigenvalue weighted by Crippen LogP contribution is -2.36. The van der Waals surface area contributed by atoms with Crippen molar-refractivity contribution < 1.29 is 24.5 Å². The molecule has 3 aromatic carbocycles. The number of aromatic carboxylic acids is 1. The van der Waals surface area contributed by atoms with Gasteiger partial charge in [-0.3, -0.25) is 4.98 Å². The molecule has 2 atom stereocenters. The highest BCUT2D eigenvalue weighted by molar-refractivity contribution is 6.30. The highest BCUT2D eigenvalue weighted by atomic mass is 35.5. The van der Waals surface area contributed by atoms with E-state index in [1.54, 1.807) is 54.9 Å². The van der Waals surface area contributed by atoms with E-state index in [9.17, 15) is 15.0 Å². The van der Waals surface area contributed by atoms with Crippen molar-refractivity contribution in [1.29, 1.82) is 0 Å². The second-order valence-corrected chi connectivity index (χ2v) is 9.57. The van der Waals surface area contributed by atoms with E-state index >= 15 is 0 Å². The molecular formula is C30H27ClN2O5. The Morgan fingerprint density at radius 3 is 2.66 bits per heavy atom. The first-order valence-electron chi connectivity index (χ1n) is 12.4. The summed E-state index contributed by atoms with van der Waals surface area (Å²) < 4.78 is 12.1. The van der Waals surface area contributed by atoms with Gasteiger partial charge in [0.2, 0.25) is 0 Å². The van der Waals surface area contributed by atoms with E-state index < -0.39 is 12.1 Å². The van der Waals surface area contributed by atoms with E-state index in [1.807, 2.05) is 24.3 Å². The summed E-state index contributed by atoms with van der Waals surface area (Å²) in [6, 6.07) is 21.5. The van der Waals surface area contributed by atoms with Crippen molar-refractivity contribution >= 4 is 17.6 Å². The van der Waals surface area contributed by atoms with Gasteiger partial charge in [-0.25, -0.2) is 4.79 Å². The minimum atomic E-state index is -1.06. The fraction of sp³-hybridized carbons (Fsp3) is 0.200. The van der Waals surface area contributed by atoms with Crippen LogP contribution in [0.2, 0.25) is 5.02 Å². The molecule has 0 saturated heterocycles. The van der Waals surface area contributed by atoms with Crippen molar-refractivity contribution in [2.24, 2.45) is 0 Å². The van der Waals surface area contributed by atoms with Gasteiger partial charge in [0.15, 0.2) is 0 Å². The lowest BCUT2D eigenvalue weighted by molar-refractivity contribution is 0.0694. The Balaban J connectivity index is 1.26. The number of hydrogen-bond acceptors (Lipinski definition) is 6. The first kappa shape index (κ1) is 25.7. The number of nitrogens with zero attached hydrogens (tertiary/aromatic N) is 1. The zero-order chi connectivity index (χ0) is 26.5. The average molecular weight is 531 g/mol. The second kappa shape index (κ2) is 11.6. The third-order valence-electron chi connectivity index (χ3n) is 6.46. The van der Waals surface area contributed by atoms with Gasteiger partial charge >= 0.3 is 5.97 Å². The Hall–Kier alpha value is -3.91. The number of halogens is 1. The maximum Gasteiger partial charge on any atom is 0.339 e. The predicted octanol–water partition coefficient (Wildman–Crippen LogP) is 5.91. The summed E-state index contributed by atoms with van der Waals surface area (Å²) in [6.07, 6.45) is 4.42. The number of nitrogens with one attached hydrogen (secondary N) is 1. The summed E-state index contributed by atoms with van der Waals surface area (Å²) in [6.45, 7) is 1.05. The van der Waals surface area contributed by atoms with E-state index in [0.717, 1.165) is 40.8 Å². The van der Waals surface area contributed by atoms with Crippen LogP contribution in [0.25, 0.3) is 11.1 Å². The molecule has 1 aromatic heterocycles.